The molecule has 112 valence electrons. The second-order valence-electron chi connectivity index (χ2n) is 5.50. The first-order chi connectivity index (χ1) is 10.1. The molecule has 0 spiro atoms. The van der Waals surface area contributed by atoms with Crippen molar-refractivity contribution < 1.29 is 9.32 Å². The molecule has 1 N–H and O–H groups in total. The molecule has 1 aliphatic rings. The fourth-order valence-corrected chi connectivity index (χ4v) is 2.77. The van der Waals surface area contributed by atoms with E-state index in [-0.39, 0.29) is 18.4 Å². The van der Waals surface area contributed by atoms with Gasteiger partial charge in [0.2, 0.25) is 5.91 Å². The van der Waals surface area contributed by atoms with E-state index in [1.165, 1.54) is 0 Å². The zero-order valence-corrected chi connectivity index (χ0v) is 12.5. The Morgan fingerprint density at radius 2 is 2.24 bits per heavy atom. The zero-order chi connectivity index (χ0) is 15.0. The average Bonchev–Trinajstić information content (AvgIpc) is 3.09. The highest BCUT2D eigenvalue weighted by atomic mass is 16.5. The third kappa shape index (κ3) is 2.55. The summed E-state index contributed by atoms with van der Waals surface area (Å²) in [6, 6.07) is -0.155. The van der Waals surface area contributed by atoms with E-state index in [2.05, 4.69) is 25.2 Å². The molecule has 0 saturated carbocycles. The topological polar surface area (TPSA) is 85.8 Å². The summed E-state index contributed by atoms with van der Waals surface area (Å²) in [5.41, 5.74) is 1.62. The molecule has 2 aromatic rings. The Kier molecular flexibility index (Phi) is 3.48. The number of nitrogens with one attached hydrogen (secondary N) is 1. The van der Waals surface area contributed by atoms with Crippen LogP contribution in [-0.2, 0) is 24.2 Å². The van der Waals surface area contributed by atoms with Crippen LogP contribution in [-0.4, -0.2) is 25.8 Å². The van der Waals surface area contributed by atoms with Gasteiger partial charge in [-0.25, -0.2) is 0 Å². The number of carbonyl (C=O) groups is 1. The number of amides is 1. The van der Waals surface area contributed by atoms with Gasteiger partial charge in [0.1, 0.15) is 11.6 Å². The van der Waals surface area contributed by atoms with Crippen molar-refractivity contribution in [2.75, 3.05) is 0 Å². The number of nitrogens with zero attached hydrogens (tertiary/aromatic N) is 4. The highest BCUT2D eigenvalue weighted by Gasteiger charge is 2.23. The molecule has 1 amide bonds. The van der Waals surface area contributed by atoms with Gasteiger partial charge in [-0.2, -0.15) is 0 Å². The van der Waals surface area contributed by atoms with E-state index < -0.39 is 0 Å². The lowest BCUT2D eigenvalue weighted by molar-refractivity contribution is -0.121. The molecular formula is C14H19N5O2. The summed E-state index contributed by atoms with van der Waals surface area (Å²) < 4.78 is 7.18. The highest BCUT2D eigenvalue weighted by Crippen LogP contribution is 2.19. The number of carbonyl (C=O) groups excluding carboxylic acids is 1. The van der Waals surface area contributed by atoms with Crippen molar-refractivity contribution in [3.63, 3.8) is 0 Å². The fraction of sp³-hybridized carbons (Fsp3) is 0.571. The van der Waals surface area contributed by atoms with Gasteiger partial charge in [0.25, 0.3) is 0 Å². The number of fused-ring (bicyclic) bond motifs is 1. The van der Waals surface area contributed by atoms with Crippen LogP contribution in [0, 0.1) is 13.8 Å². The molecule has 0 unspecified atom stereocenters. The van der Waals surface area contributed by atoms with Crippen LogP contribution in [0.2, 0.25) is 0 Å². The van der Waals surface area contributed by atoms with E-state index in [1.54, 1.807) is 0 Å². The first kappa shape index (κ1) is 13.8. The predicted octanol–water partition coefficient (Wildman–Crippen LogP) is 1.25. The van der Waals surface area contributed by atoms with Crippen LogP contribution in [0.15, 0.2) is 4.52 Å². The Morgan fingerprint density at radius 1 is 1.43 bits per heavy atom. The van der Waals surface area contributed by atoms with E-state index in [9.17, 15) is 4.79 Å². The molecule has 21 heavy (non-hydrogen) atoms. The van der Waals surface area contributed by atoms with Crippen molar-refractivity contribution in [3.05, 3.63) is 28.7 Å². The van der Waals surface area contributed by atoms with Gasteiger partial charge in [-0.3, -0.25) is 4.79 Å². The van der Waals surface area contributed by atoms with Gasteiger partial charge < -0.3 is 14.4 Å². The summed E-state index contributed by atoms with van der Waals surface area (Å²) in [4.78, 5) is 12.2. The van der Waals surface area contributed by atoms with Crippen molar-refractivity contribution >= 4 is 5.91 Å². The van der Waals surface area contributed by atoms with Gasteiger partial charge in [0, 0.05) is 18.5 Å². The second-order valence-corrected chi connectivity index (χ2v) is 5.50. The average molecular weight is 289 g/mol. The maximum Gasteiger partial charge on any atom is 0.225 e. The molecule has 1 aliphatic heterocycles. The van der Waals surface area contributed by atoms with Gasteiger partial charge in [-0.15, -0.1) is 10.2 Å². The molecule has 0 aromatic carbocycles. The molecule has 0 fully saturated rings. The van der Waals surface area contributed by atoms with Crippen LogP contribution in [0.25, 0.3) is 0 Å². The van der Waals surface area contributed by atoms with E-state index in [4.69, 9.17) is 4.52 Å². The monoisotopic (exact) mass is 289 g/mol. The lowest BCUT2D eigenvalue weighted by atomic mass is 10.1. The first-order valence-corrected chi connectivity index (χ1v) is 7.19. The molecule has 7 heteroatoms. The minimum absolute atomic E-state index is 0.0627. The maximum absolute atomic E-state index is 12.2. The number of hydrogen-bond acceptors (Lipinski definition) is 5. The summed E-state index contributed by atoms with van der Waals surface area (Å²) in [6.45, 7) is 6.52. The van der Waals surface area contributed by atoms with E-state index in [0.29, 0.717) is 5.76 Å². The van der Waals surface area contributed by atoms with Crippen LogP contribution in [0.5, 0.6) is 0 Å². The van der Waals surface area contributed by atoms with Crippen molar-refractivity contribution in [2.45, 2.75) is 52.6 Å². The fourth-order valence-electron chi connectivity index (χ4n) is 2.77. The standard InChI is InChI=1S/C14H19N5O2/c1-8-11(10(3)21-18-8)7-13(20)15-9(2)14-17-16-12-5-4-6-19(12)14/h9H,4-7H2,1-3H3,(H,15,20)/t9-/m0/s1. The lowest BCUT2D eigenvalue weighted by Crippen LogP contribution is -2.30. The number of hydrogen-bond donors (Lipinski definition) is 1. The van der Waals surface area contributed by atoms with Crippen molar-refractivity contribution in [2.24, 2.45) is 0 Å². The Balaban J connectivity index is 1.67. The lowest BCUT2D eigenvalue weighted by Gasteiger charge is -2.13. The molecule has 0 saturated heterocycles. The Bertz CT molecular complexity index is 653. The van der Waals surface area contributed by atoms with Gasteiger partial charge in [-0.05, 0) is 27.2 Å². The van der Waals surface area contributed by atoms with Crippen molar-refractivity contribution in [1.82, 2.24) is 25.2 Å². The third-order valence-electron chi connectivity index (χ3n) is 3.92. The molecule has 3 heterocycles. The molecular weight excluding hydrogens is 270 g/mol. The van der Waals surface area contributed by atoms with Crippen LogP contribution < -0.4 is 5.32 Å². The van der Waals surface area contributed by atoms with Crippen LogP contribution >= 0.6 is 0 Å². The van der Waals surface area contributed by atoms with E-state index >= 15 is 0 Å². The molecule has 3 rings (SSSR count). The number of aryl methyl sites for hydroxylation is 3. The van der Waals surface area contributed by atoms with Gasteiger partial charge >= 0.3 is 0 Å². The SMILES string of the molecule is Cc1noc(C)c1CC(=O)N[C@@H](C)c1nnc2n1CCC2. The number of rotatable bonds is 4. The summed E-state index contributed by atoms with van der Waals surface area (Å²) in [5, 5.41) is 15.2. The van der Waals surface area contributed by atoms with Gasteiger partial charge in [0.05, 0.1) is 18.2 Å². The molecule has 1 atom stereocenters. The molecule has 0 bridgehead atoms. The first-order valence-electron chi connectivity index (χ1n) is 7.19. The second kappa shape index (κ2) is 5.31. The summed E-state index contributed by atoms with van der Waals surface area (Å²) in [6.07, 6.45) is 2.33. The van der Waals surface area contributed by atoms with Gasteiger partial charge in [0.15, 0.2) is 5.82 Å². The normalized spacial score (nSPS) is 15.0. The quantitative estimate of drug-likeness (QED) is 0.915. The van der Waals surface area contributed by atoms with E-state index in [0.717, 1.165) is 42.3 Å². The molecule has 2 aromatic heterocycles. The summed E-state index contributed by atoms with van der Waals surface area (Å²) in [5.74, 6) is 2.47. The minimum Gasteiger partial charge on any atom is -0.361 e. The van der Waals surface area contributed by atoms with Gasteiger partial charge in [-0.1, -0.05) is 5.16 Å². The number of aromatic nitrogens is 4. The van der Waals surface area contributed by atoms with Crippen LogP contribution in [0.3, 0.4) is 0 Å². The maximum atomic E-state index is 12.2. The van der Waals surface area contributed by atoms with Crippen molar-refractivity contribution in [3.8, 4) is 0 Å². The smallest absolute Gasteiger partial charge is 0.225 e. The molecule has 0 aliphatic carbocycles. The zero-order valence-electron chi connectivity index (χ0n) is 12.5. The summed E-state index contributed by atoms with van der Waals surface area (Å²) in [7, 11) is 0. The third-order valence-corrected chi connectivity index (χ3v) is 3.92. The Hall–Kier alpha value is -2.18. The highest BCUT2D eigenvalue weighted by molar-refractivity contribution is 5.79. The largest absolute Gasteiger partial charge is 0.361 e. The van der Waals surface area contributed by atoms with Crippen LogP contribution in [0.4, 0.5) is 0 Å². The van der Waals surface area contributed by atoms with Crippen LogP contribution in [0.1, 0.15) is 48.1 Å². The summed E-state index contributed by atoms with van der Waals surface area (Å²) >= 11 is 0. The Morgan fingerprint density at radius 3 is 2.95 bits per heavy atom. The minimum atomic E-state index is -0.155. The van der Waals surface area contributed by atoms with Crippen molar-refractivity contribution in [1.29, 1.82) is 0 Å². The Labute approximate surface area is 122 Å². The predicted molar refractivity (Wildman–Crippen MR) is 74.6 cm³/mol. The molecule has 7 nitrogen and oxygen atoms in total. The molecule has 0 radical (unpaired) electrons. The van der Waals surface area contributed by atoms with E-state index in [1.807, 2.05) is 20.8 Å².